The molecule has 19 nitrogen and oxygen atoms in total. The van der Waals surface area contributed by atoms with E-state index in [1.165, 1.54) is 19.6 Å². The van der Waals surface area contributed by atoms with E-state index in [-0.39, 0.29) is 24.6 Å². The second-order valence-electron chi connectivity index (χ2n) is 13.0. The lowest BCUT2D eigenvalue weighted by Gasteiger charge is -2.28. The second-order valence-corrected chi connectivity index (χ2v) is 17.0. The molecule has 0 bridgehead atoms. The topological polar surface area (TPSA) is 256 Å². The molecule has 8 atom stereocenters. The number of nitrogen functional groups attached to an aromatic ring is 1. The summed E-state index contributed by atoms with van der Waals surface area (Å²) in [6.07, 6.45) is -3.14. The number of carbonyl (C=O) groups excluding carboxylic acids is 1. The number of anilines is 1. The van der Waals surface area contributed by atoms with Crippen LogP contribution in [-0.2, 0) is 33.6 Å². The van der Waals surface area contributed by atoms with E-state index in [1.807, 2.05) is 19.1 Å². The Bertz CT molecular complexity index is 2340. The van der Waals surface area contributed by atoms with Crippen LogP contribution in [0.3, 0.4) is 0 Å². The Morgan fingerprint density at radius 3 is 2.57 bits per heavy atom. The summed E-state index contributed by atoms with van der Waals surface area (Å²) >= 11 is 0.812. The van der Waals surface area contributed by atoms with Gasteiger partial charge in [-0.25, -0.2) is 18.7 Å². The van der Waals surface area contributed by atoms with Gasteiger partial charge < -0.3 is 34.9 Å². The van der Waals surface area contributed by atoms with Crippen molar-refractivity contribution in [2.24, 2.45) is 0 Å². The zero-order valence-corrected chi connectivity index (χ0v) is 31.7. The van der Waals surface area contributed by atoms with E-state index in [9.17, 15) is 29.2 Å². The van der Waals surface area contributed by atoms with Crippen molar-refractivity contribution in [3.63, 3.8) is 0 Å². The van der Waals surface area contributed by atoms with Gasteiger partial charge in [0.25, 0.3) is 5.56 Å². The van der Waals surface area contributed by atoms with E-state index in [0.717, 1.165) is 27.6 Å². The molecule has 2 unspecified atom stereocenters. The number of aryl methyl sites for hydroxylation is 1. The zero-order valence-electron chi connectivity index (χ0n) is 30.0. The summed E-state index contributed by atoms with van der Waals surface area (Å²) in [5.74, 6) is 0.0817. The highest BCUT2D eigenvalue weighted by atomic mass is 32.7. The van der Waals surface area contributed by atoms with E-state index in [2.05, 4.69) is 19.9 Å². The first-order chi connectivity index (χ1) is 26.9. The maximum Gasteiger partial charge on any atom is 0.389 e. The van der Waals surface area contributed by atoms with Gasteiger partial charge in [0, 0.05) is 31.5 Å². The predicted molar refractivity (Wildman–Crippen MR) is 198 cm³/mol. The average Bonchev–Trinajstić information content (AvgIpc) is 3.89. The molecule has 3 aromatic heterocycles. The van der Waals surface area contributed by atoms with Crippen LogP contribution in [-0.4, -0.2) is 91.5 Å². The predicted octanol–water partition coefficient (Wildman–Crippen LogP) is 1.90. The minimum absolute atomic E-state index is 0.0737. The molecule has 21 heteroatoms. The highest BCUT2D eigenvalue weighted by Gasteiger charge is 2.51. The monoisotopic (exact) mass is 812 g/mol. The summed E-state index contributed by atoms with van der Waals surface area (Å²) in [6, 6.07) is 14.7. The van der Waals surface area contributed by atoms with Crippen molar-refractivity contribution in [2.75, 3.05) is 26.1 Å². The van der Waals surface area contributed by atoms with Crippen molar-refractivity contribution in [1.29, 1.82) is 0 Å². The summed E-state index contributed by atoms with van der Waals surface area (Å²) in [7, 11) is 1.32. The van der Waals surface area contributed by atoms with Crippen molar-refractivity contribution in [3.05, 3.63) is 111 Å². The number of benzene rings is 2. The number of aromatic amines is 2. The molecule has 2 aliphatic heterocycles. The Balaban J connectivity index is 1.09. The van der Waals surface area contributed by atoms with E-state index < -0.39 is 73.6 Å². The molecule has 0 spiro atoms. The van der Waals surface area contributed by atoms with Crippen molar-refractivity contribution >= 4 is 41.1 Å². The lowest BCUT2D eigenvalue weighted by molar-refractivity contribution is -0.738. The standard InChI is InChI=1S/C35H38N7O12PS/c1-19-3-7-21(8-4-19)34(46)51-22-9-5-20(6-10-22)16-56-55(48,54-29-24(14-43)53-33(30(29)49-2)41-12-11-26(45)40-35(41)47)50-15-25-23(44)13-27(52-25)42-18-39-28-31(36)37-17-38-32(28)42/h3-12,17-18,23-25,27,29-30,33,43-44H,13-16H2,1-2H3,(H3,36,37,38,40,45,47)/p+1/t23?,24-,25-,27-,29?,30+,33-,55+/m1/s1. The van der Waals surface area contributed by atoms with E-state index in [4.69, 9.17) is 33.7 Å². The van der Waals surface area contributed by atoms with Gasteiger partial charge in [-0.05, 0) is 48.1 Å². The number of methoxy groups -OCH3 is 1. The molecule has 0 amide bonds. The highest BCUT2D eigenvalue weighted by Crippen LogP contribution is 2.64. The third-order valence-electron chi connectivity index (χ3n) is 9.28. The number of fused-ring (bicyclic) bond motifs is 1. The number of rotatable bonds is 14. The summed E-state index contributed by atoms with van der Waals surface area (Å²) in [5.41, 5.74) is 7.54. The van der Waals surface area contributed by atoms with Crippen LogP contribution in [0.1, 0.15) is 40.4 Å². The number of nitrogens with zero attached hydrogens (tertiary/aromatic N) is 4. The van der Waals surface area contributed by atoms with Crippen LogP contribution < -0.4 is 26.3 Å². The molecule has 6 N–H and O–H groups in total. The Labute approximate surface area is 322 Å². The molecule has 0 aliphatic carbocycles. The van der Waals surface area contributed by atoms with E-state index >= 15 is 0 Å². The van der Waals surface area contributed by atoms with Gasteiger partial charge in [-0.15, -0.1) is 0 Å². The van der Waals surface area contributed by atoms with Crippen molar-refractivity contribution in [3.8, 4) is 5.75 Å². The van der Waals surface area contributed by atoms with Crippen LogP contribution in [0, 0.1) is 6.92 Å². The second kappa shape index (κ2) is 16.8. The quantitative estimate of drug-likeness (QED) is 0.0464. The van der Waals surface area contributed by atoms with Gasteiger partial charge in [-0.2, -0.15) is 4.98 Å². The molecule has 2 aromatic carbocycles. The Morgan fingerprint density at radius 2 is 1.86 bits per heavy atom. The zero-order chi connectivity index (χ0) is 39.6. The van der Waals surface area contributed by atoms with Gasteiger partial charge in [0.15, 0.2) is 30.9 Å². The number of nitrogens with one attached hydrogen (secondary N) is 2. The van der Waals surface area contributed by atoms with Crippen LogP contribution in [0.2, 0.25) is 0 Å². The molecular weight excluding hydrogens is 773 g/mol. The van der Waals surface area contributed by atoms with Crippen LogP contribution in [0.25, 0.3) is 11.2 Å². The fourth-order valence-corrected chi connectivity index (χ4v) is 9.72. The highest BCUT2D eigenvalue weighted by molar-refractivity contribution is 8.54. The number of aliphatic hydroxyl groups is 2. The third-order valence-corrected chi connectivity index (χ3v) is 12.9. The number of H-pyrrole nitrogens is 2. The molecule has 2 saturated heterocycles. The summed E-state index contributed by atoms with van der Waals surface area (Å²) in [4.78, 5) is 50.5. The SMILES string of the molecule is CO[C@H]1C(O[P@](=O)(OC[C@H]2O[C@@H]([n+]3c[nH]c4c(N)ncnc43)CC2O)SCc2ccc(OC(=O)c3ccc(C)cc3)cc2)[C@@H](CO)O[C@H]1n1ccc(=O)[nH]c1=O. The first kappa shape index (κ1) is 39.5. The largest absolute Gasteiger partial charge is 0.423 e. The van der Waals surface area contributed by atoms with Gasteiger partial charge in [-0.1, -0.05) is 34.8 Å². The summed E-state index contributed by atoms with van der Waals surface area (Å²) in [6.45, 7) is -3.37. The number of hydrogen-bond acceptors (Lipinski definition) is 16. The van der Waals surface area contributed by atoms with Crippen LogP contribution in [0.15, 0.2) is 83.0 Å². The normalized spacial score (nSPS) is 24.7. The van der Waals surface area contributed by atoms with Crippen molar-refractivity contribution in [2.45, 2.75) is 62.1 Å². The molecule has 296 valence electrons. The maximum absolute atomic E-state index is 14.8. The van der Waals surface area contributed by atoms with Crippen molar-refractivity contribution in [1.82, 2.24) is 24.5 Å². The Morgan fingerprint density at radius 1 is 1.09 bits per heavy atom. The molecule has 0 radical (unpaired) electrons. The summed E-state index contributed by atoms with van der Waals surface area (Å²) in [5, 5.41) is 21.3. The van der Waals surface area contributed by atoms with E-state index in [0.29, 0.717) is 28.0 Å². The molecule has 5 heterocycles. The molecule has 5 aromatic rings. The van der Waals surface area contributed by atoms with Crippen LogP contribution in [0.4, 0.5) is 5.82 Å². The third kappa shape index (κ3) is 8.48. The first-order valence-electron chi connectivity index (χ1n) is 17.3. The number of nitrogens with two attached hydrogens (primary N) is 1. The number of ether oxygens (including phenoxy) is 4. The number of aromatic nitrogens is 6. The van der Waals surface area contributed by atoms with Crippen molar-refractivity contribution < 1.29 is 52.1 Å². The van der Waals surface area contributed by atoms with Crippen LogP contribution in [0.5, 0.6) is 5.75 Å². The maximum atomic E-state index is 14.8. The van der Waals surface area contributed by atoms with Gasteiger partial charge in [0.1, 0.15) is 30.2 Å². The molecule has 0 saturated carbocycles. The molecule has 2 fully saturated rings. The molecule has 7 rings (SSSR count). The lowest BCUT2D eigenvalue weighted by atomic mass is 10.1. The number of imidazole rings is 1. The fourth-order valence-electron chi connectivity index (χ4n) is 6.33. The van der Waals surface area contributed by atoms with Gasteiger partial charge in [0.05, 0.1) is 24.9 Å². The van der Waals surface area contributed by atoms with Crippen LogP contribution >= 0.6 is 18.2 Å². The first-order valence-corrected chi connectivity index (χ1v) is 20.5. The Hall–Kier alpha value is -4.76. The summed E-state index contributed by atoms with van der Waals surface area (Å²) < 4.78 is 52.9. The fraction of sp³-hybridized carbons (Fsp3) is 0.371. The molecule has 2 aliphatic rings. The van der Waals surface area contributed by atoms with Gasteiger partial charge in [-0.3, -0.25) is 28.4 Å². The number of hydrogen-bond donors (Lipinski definition) is 5. The number of carbonyl (C=O) groups is 1. The minimum Gasteiger partial charge on any atom is -0.423 e. The minimum atomic E-state index is -4.28. The van der Waals surface area contributed by atoms with E-state index in [1.54, 1.807) is 47.3 Å². The number of aliphatic hydroxyl groups excluding tert-OH is 2. The van der Waals surface area contributed by atoms with Gasteiger partial charge >= 0.3 is 24.1 Å². The molecule has 56 heavy (non-hydrogen) atoms. The number of esters is 1. The Kier molecular flexibility index (Phi) is 11.8. The average molecular weight is 813 g/mol. The smallest absolute Gasteiger partial charge is 0.389 e. The molecular formula is C35H39N7O12PS+. The van der Waals surface area contributed by atoms with Gasteiger partial charge in [0.2, 0.25) is 5.52 Å². The lowest BCUT2D eigenvalue weighted by Crippen LogP contribution is -2.40.